The second-order valence-electron chi connectivity index (χ2n) is 5.33. The third-order valence-electron chi connectivity index (χ3n) is 3.42. The zero-order valence-corrected chi connectivity index (χ0v) is 13.4. The maximum Gasteiger partial charge on any atom is 0.150 e. The maximum absolute atomic E-state index is 11.9. The Hall–Kier alpha value is -0.0900. The molecule has 0 fully saturated rings. The van der Waals surface area contributed by atoms with Crippen molar-refractivity contribution in [2.24, 2.45) is 5.92 Å². The first kappa shape index (κ1) is 17.9. The molecule has 0 aromatic rings. The molecule has 0 spiro atoms. The van der Waals surface area contributed by atoms with E-state index in [9.17, 15) is 8.42 Å². The lowest BCUT2D eigenvalue weighted by Gasteiger charge is -2.16. The van der Waals surface area contributed by atoms with E-state index in [0.29, 0.717) is 17.5 Å². The van der Waals surface area contributed by atoms with Gasteiger partial charge in [0.2, 0.25) is 0 Å². The van der Waals surface area contributed by atoms with Crippen LogP contribution in [0.3, 0.4) is 0 Å². The summed E-state index contributed by atoms with van der Waals surface area (Å²) >= 11 is 0. The molecule has 110 valence electrons. The van der Waals surface area contributed by atoms with E-state index in [-0.39, 0.29) is 5.92 Å². The van der Waals surface area contributed by atoms with Gasteiger partial charge < -0.3 is 5.32 Å². The highest BCUT2D eigenvalue weighted by molar-refractivity contribution is 7.91. The van der Waals surface area contributed by atoms with Crippen LogP contribution in [0.15, 0.2) is 0 Å². The van der Waals surface area contributed by atoms with Crippen LogP contribution in [0.5, 0.6) is 0 Å². The monoisotopic (exact) mass is 277 g/mol. The zero-order valence-electron chi connectivity index (χ0n) is 12.5. The number of rotatable bonds is 11. The van der Waals surface area contributed by atoms with E-state index in [1.807, 2.05) is 13.8 Å². The molecule has 0 aromatic heterocycles. The van der Waals surface area contributed by atoms with Crippen LogP contribution in [0.2, 0.25) is 0 Å². The summed E-state index contributed by atoms with van der Waals surface area (Å²) in [4.78, 5) is 0. The quantitative estimate of drug-likeness (QED) is 0.631. The molecule has 18 heavy (non-hydrogen) atoms. The fraction of sp³-hybridized carbons (Fsp3) is 1.00. The number of nitrogens with one attached hydrogen (secondary N) is 1. The third kappa shape index (κ3) is 8.92. The highest BCUT2D eigenvalue weighted by Crippen LogP contribution is 2.09. The first-order valence-corrected chi connectivity index (χ1v) is 9.21. The highest BCUT2D eigenvalue weighted by atomic mass is 32.2. The van der Waals surface area contributed by atoms with Gasteiger partial charge in [-0.05, 0) is 38.1 Å². The summed E-state index contributed by atoms with van der Waals surface area (Å²) in [5.41, 5.74) is 0. The molecule has 0 rings (SSSR count). The zero-order chi connectivity index (χ0) is 14.0. The molecular formula is C14H31NO2S. The Bertz CT molecular complexity index is 288. The topological polar surface area (TPSA) is 46.2 Å². The fourth-order valence-electron chi connectivity index (χ4n) is 1.98. The Kier molecular flexibility index (Phi) is 9.74. The minimum atomic E-state index is -2.85. The van der Waals surface area contributed by atoms with Crippen LogP contribution < -0.4 is 5.32 Å². The van der Waals surface area contributed by atoms with Gasteiger partial charge in [-0.3, -0.25) is 0 Å². The van der Waals surface area contributed by atoms with Crippen LogP contribution in [0, 0.1) is 5.92 Å². The molecule has 0 heterocycles. The molecule has 0 saturated heterocycles. The van der Waals surface area contributed by atoms with Crippen LogP contribution in [-0.4, -0.2) is 32.5 Å². The van der Waals surface area contributed by atoms with E-state index < -0.39 is 9.84 Å². The SMILES string of the molecule is CCCNC(CC)CCCS(=O)(=O)CC(C)CC. The molecule has 0 amide bonds. The van der Waals surface area contributed by atoms with E-state index in [1.54, 1.807) is 0 Å². The van der Waals surface area contributed by atoms with Gasteiger partial charge in [-0.2, -0.15) is 0 Å². The summed E-state index contributed by atoms with van der Waals surface area (Å²) in [6, 6.07) is 0.476. The second kappa shape index (κ2) is 9.79. The standard InChI is InChI=1S/C14H31NO2S/c1-5-10-15-14(7-3)9-8-11-18(16,17)12-13(4)6-2/h13-15H,5-12H2,1-4H3. The summed E-state index contributed by atoms with van der Waals surface area (Å²) in [5, 5.41) is 3.46. The first-order chi connectivity index (χ1) is 8.45. The lowest BCUT2D eigenvalue weighted by atomic mass is 10.1. The van der Waals surface area contributed by atoms with Crippen LogP contribution in [-0.2, 0) is 9.84 Å². The lowest BCUT2D eigenvalue weighted by Crippen LogP contribution is -2.29. The van der Waals surface area contributed by atoms with Crippen LogP contribution >= 0.6 is 0 Å². The molecule has 0 saturated carbocycles. The third-order valence-corrected chi connectivity index (χ3v) is 5.41. The molecule has 0 bridgehead atoms. The van der Waals surface area contributed by atoms with Crippen molar-refractivity contribution >= 4 is 9.84 Å². The number of hydrogen-bond donors (Lipinski definition) is 1. The second-order valence-corrected chi connectivity index (χ2v) is 7.56. The van der Waals surface area contributed by atoms with Crippen molar-refractivity contribution < 1.29 is 8.42 Å². The van der Waals surface area contributed by atoms with Crippen LogP contribution in [0.4, 0.5) is 0 Å². The predicted octanol–water partition coefficient (Wildman–Crippen LogP) is 3.01. The van der Waals surface area contributed by atoms with Crippen molar-refractivity contribution in [1.82, 2.24) is 5.32 Å². The first-order valence-electron chi connectivity index (χ1n) is 7.38. The van der Waals surface area contributed by atoms with Gasteiger partial charge in [0.25, 0.3) is 0 Å². The van der Waals surface area contributed by atoms with Gasteiger partial charge in [-0.25, -0.2) is 8.42 Å². The molecule has 0 aliphatic heterocycles. The average Bonchev–Trinajstić information content (AvgIpc) is 2.32. The van der Waals surface area contributed by atoms with Gasteiger partial charge in [-0.15, -0.1) is 0 Å². The average molecular weight is 277 g/mol. The Morgan fingerprint density at radius 3 is 2.28 bits per heavy atom. The summed E-state index contributed by atoms with van der Waals surface area (Å²) in [7, 11) is -2.85. The molecule has 0 aliphatic rings. The molecule has 0 aliphatic carbocycles. The van der Waals surface area contributed by atoms with Crippen molar-refractivity contribution in [1.29, 1.82) is 0 Å². The molecule has 4 heteroatoms. The molecule has 2 unspecified atom stereocenters. The van der Waals surface area contributed by atoms with Crippen LogP contribution in [0.25, 0.3) is 0 Å². The smallest absolute Gasteiger partial charge is 0.150 e. The van der Waals surface area contributed by atoms with Gasteiger partial charge in [-0.1, -0.05) is 34.1 Å². The predicted molar refractivity (Wildman–Crippen MR) is 79.7 cm³/mol. The summed E-state index contributed by atoms with van der Waals surface area (Å²) in [5.74, 6) is 0.986. The summed E-state index contributed by atoms with van der Waals surface area (Å²) < 4.78 is 23.7. The Morgan fingerprint density at radius 2 is 1.78 bits per heavy atom. The maximum atomic E-state index is 11.9. The van der Waals surface area contributed by atoms with E-state index in [1.165, 1.54) is 0 Å². The molecular weight excluding hydrogens is 246 g/mol. The normalized spacial score (nSPS) is 15.6. The van der Waals surface area contributed by atoms with Crippen molar-refractivity contribution in [2.45, 2.75) is 65.8 Å². The highest BCUT2D eigenvalue weighted by Gasteiger charge is 2.15. The molecule has 0 radical (unpaired) electrons. The van der Waals surface area contributed by atoms with E-state index in [2.05, 4.69) is 19.2 Å². The van der Waals surface area contributed by atoms with Crippen molar-refractivity contribution in [2.75, 3.05) is 18.1 Å². The van der Waals surface area contributed by atoms with E-state index in [0.717, 1.165) is 38.6 Å². The fourth-order valence-corrected chi connectivity index (χ4v) is 3.86. The summed E-state index contributed by atoms with van der Waals surface area (Å²) in [6.07, 6.45) is 4.90. The minimum absolute atomic E-state index is 0.287. The summed E-state index contributed by atoms with van der Waals surface area (Å²) in [6.45, 7) is 9.38. The van der Waals surface area contributed by atoms with Gasteiger partial charge in [0.1, 0.15) is 0 Å². The van der Waals surface area contributed by atoms with Crippen molar-refractivity contribution in [3.63, 3.8) is 0 Å². The van der Waals surface area contributed by atoms with Crippen LogP contribution in [0.1, 0.15) is 59.8 Å². The van der Waals surface area contributed by atoms with Gasteiger partial charge in [0.05, 0.1) is 11.5 Å². The molecule has 3 nitrogen and oxygen atoms in total. The van der Waals surface area contributed by atoms with E-state index in [4.69, 9.17) is 0 Å². The van der Waals surface area contributed by atoms with Crippen molar-refractivity contribution in [3.8, 4) is 0 Å². The number of hydrogen-bond acceptors (Lipinski definition) is 3. The van der Waals surface area contributed by atoms with Gasteiger partial charge in [0.15, 0.2) is 9.84 Å². The molecule has 2 atom stereocenters. The lowest BCUT2D eigenvalue weighted by molar-refractivity contribution is 0.462. The Labute approximate surface area is 114 Å². The van der Waals surface area contributed by atoms with Gasteiger partial charge in [0, 0.05) is 6.04 Å². The van der Waals surface area contributed by atoms with E-state index >= 15 is 0 Å². The van der Waals surface area contributed by atoms with Gasteiger partial charge >= 0.3 is 0 Å². The Balaban J connectivity index is 3.93. The molecule has 1 N–H and O–H groups in total. The minimum Gasteiger partial charge on any atom is -0.314 e. The Morgan fingerprint density at radius 1 is 1.11 bits per heavy atom. The van der Waals surface area contributed by atoms with Crippen molar-refractivity contribution in [3.05, 3.63) is 0 Å². The number of sulfone groups is 1. The largest absolute Gasteiger partial charge is 0.314 e. The molecule has 0 aromatic carbocycles.